The molecular formula is C15H22N2O4. The van der Waals surface area contributed by atoms with Crippen molar-refractivity contribution < 1.29 is 18.8 Å². The molecule has 2 aliphatic carbocycles. The maximum atomic E-state index is 12.1. The Hall–Kier alpha value is -1.43. The summed E-state index contributed by atoms with van der Waals surface area (Å²) in [7, 11) is 0. The highest BCUT2D eigenvalue weighted by Gasteiger charge is 2.58. The molecule has 3 rings (SSSR count). The van der Waals surface area contributed by atoms with Crippen LogP contribution in [0.25, 0.3) is 0 Å². The van der Waals surface area contributed by atoms with Crippen LogP contribution in [-0.4, -0.2) is 29.3 Å². The van der Waals surface area contributed by atoms with E-state index in [1.165, 1.54) is 0 Å². The van der Waals surface area contributed by atoms with Gasteiger partial charge in [0.2, 0.25) is 11.7 Å². The van der Waals surface area contributed by atoms with E-state index in [1.54, 1.807) is 6.92 Å². The van der Waals surface area contributed by atoms with Crippen LogP contribution in [0.15, 0.2) is 4.52 Å². The Morgan fingerprint density at radius 3 is 2.48 bits per heavy atom. The normalized spacial score (nSPS) is 22.2. The van der Waals surface area contributed by atoms with Gasteiger partial charge >= 0.3 is 5.97 Å². The minimum atomic E-state index is -0.701. The average Bonchev–Trinajstić information content (AvgIpc) is 2.91. The van der Waals surface area contributed by atoms with Crippen LogP contribution in [-0.2, 0) is 25.3 Å². The molecule has 1 heterocycles. The lowest BCUT2D eigenvalue weighted by atomic mass is 10.0. The van der Waals surface area contributed by atoms with Gasteiger partial charge in [0.05, 0.1) is 6.61 Å². The van der Waals surface area contributed by atoms with Gasteiger partial charge in [-0.2, -0.15) is 4.98 Å². The third-order valence-corrected chi connectivity index (χ3v) is 4.49. The quantitative estimate of drug-likeness (QED) is 0.750. The lowest BCUT2D eigenvalue weighted by Gasteiger charge is -2.24. The first-order chi connectivity index (χ1) is 10.2. The van der Waals surface area contributed by atoms with Crippen molar-refractivity contribution in [3.05, 3.63) is 11.7 Å². The van der Waals surface area contributed by atoms with Gasteiger partial charge in [-0.3, -0.25) is 4.79 Å². The van der Waals surface area contributed by atoms with E-state index in [0.717, 1.165) is 38.5 Å². The molecule has 116 valence electrons. The highest BCUT2D eigenvalue weighted by molar-refractivity contribution is 5.85. The number of hydrogen-bond acceptors (Lipinski definition) is 6. The molecule has 0 aromatic carbocycles. The number of rotatable bonds is 6. The first-order valence-electron chi connectivity index (χ1n) is 7.83. The van der Waals surface area contributed by atoms with Gasteiger partial charge in [0.15, 0.2) is 0 Å². The predicted octanol–water partition coefficient (Wildman–Crippen LogP) is 2.47. The number of carbonyl (C=O) groups is 1. The SMILES string of the molecule is CCOC(=O)C1(c2nc(C3(OCC)CCCC3)no2)CC1. The predicted molar refractivity (Wildman–Crippen MR) is 73.6 cm³/mol. The van der Waals surface area contributed by atoms with Crippen LogP contribution in [0.1, 0.15) is 64.1 Å². The van der Waals surface area contributed by atoms with E-state index in [9.17, 15) is 4.79 Å². The van der Waals surface area contributed by atoms with E-state index in [1.807, 2.05) is 6.92 Å². The lowest BCUT2D eigenvalue weighted by Crippen LogP contribution is -2.28. The Kier molecular flexibility index (Phi) is 3.73. The molecule has 0 saturated heterocycles. The first-order valence-corrected chi connectivity index (χ1v) is 7.83. The van der Waals surface area contributed by atoms with Crippen molar-refractivity contribution in [3.8, 4) is 0 Å². The second kappa shape index (κ2) is 5.40. The van der Waals surface area contributed by atoms with Crippen molar-refractivity contribution in [2.45, 2.75) is 63.4 Å². The largest absolute Gasteiger partial charge is 0.465 e. The molecule has 0 amide bonds. The maximum Gasteiger partial charge on any atom is 0.321 e. The van der Waals surface area contributed by atoms with E-state index in [2.05, 4.69) is 10.1 Å². The summed E-state index contributed by atoms with van der Waals surface area (Å²) in [5, 5.41) is 4.12. The third kappa shape index (κ3) is 2.35. The monoisotopic (exact) mass is 294 g/mol. The summed E-state index contributed by atoms with van der Waals surface area (Å²) in [6.45, 7) is 4.76. The molecule has 0 N–H and O–H groups in total. The smallest absolute Gasteiger partial charge is 0.321 e. The molecule has 2 aliphatic rings. The minimum absolute atomic E-state index is 0.253. The van der Waals surface area contributed by atoms with Gasteiger partial charge in [-0.25, -0.2) is 0 Å². The standard InChI is InChI=1S/C15H22N2O4/c1-3-19-13(18)14(9-10-14)12-16-11(17-21-12)15(20-4-2)7-5-6-8-15/h3-10H2,1-2H3. The zero-order valence-electron chi connectivity index (χ0n) is 12.7. The fourth-order valence-electron chi connectivity index (χ4n) is 3.16. The summed E-state index contributed by atoms with van der Waals surface area (Å²) < 4.78 is 16.5. The van der Waals surface area contributed by atoms with Gasteiger partial charge in [-0.1, -0.05) is 5.16 Å². The van der Waals surface area contributed by atoms with E-state index in [4.69, 9.17) is 14.0 Å². The molecule has 1 aromatic heterocycles. The van der Waals surface area contributed by atoms with Crippen LogP contribution in [0.3, 0.4) is 0 Å². The maximum absolute atomic E-state index is 12.1. The Bertz CT molecular complexity index is 515. The van der Waals surface area contributed by atoms with Gasteiger partial charge in [-0.15, -0.1) is 0 Å². The topological polar surface area (TPSA) is 74.5 Å². The van der Waals surface area contributed by atoms with Crippen molar-refractivity contribution in [2.24, 2.45) is 0 Å². The molecule has 0 unspecified atom stereocenters. The van der Waals surface area contributed by atoms with E-state index in [0.29, 0.717) is 24.9 Å². The van der Waals surface area contributed by atoms with Crippen LogP contribution in [0.2, 0.25) is 0 Å². The van der Waals surface area contributed by atoms with Crippen LogP contribution >= 0.6 is 0 Å². The summed E-state index contributed by atoms with van der Waals surface area (Å²) in [6.07, 6.45) is 5.46. The Labute approximate surface area is 124 Å². The number of hydrogen-bond donors (Lipinski definition) is 0. The zero-order valence-corrected chi connectivity index (χ0v) is 12.7. The van der Waals surface area contributed by atoms with E-state index < -0.39 is 11.0 Å². The van der Waals surface area contributed by atoms with Gasteiger partial charge in [0.25, 0.3) is 0 Å². The summed E-state index contributed by atoms with van der Waals surface area (Å²) in [6, 6.07) is 0. The molecule has 1 aromatic rings. The van der Waals surface area contributed by atoms with Crippen molar-refractivity contribution >= 4 is 5.97 Å². The molecule has 0 atom stereocenters. The Balaban J connectivity index is 1.85. The second-order valence-corrected chi connectivity index (χ2v) is 5.86. The molecule has 0 spiro atoms. The van der Waals surface area contributed by atoms with Crippen molar-refractivity contribution in [2.75, 3.05) is 13.2 Å². The summed E-state index contributed by atoms with van der Waals surface area (Å²) >= 11 is 0. The fourth-order valence-corrected chi connectivity index (χ4v) is 3.16. The number of esters is 1. The second-order valence-electron chi connectivity index (χ2n) is 5.86. The van der Waals surface area contributed by atoms with Crippen molar-refractivity contribution in [1.29, 1.82) is 0 Å². The van der Waals surface area contributed by atoms with Crippen molar-refractivity contribution in [3.63, 3.8) is 0 Å². The molecule has 2 fully saturated rings. The fraction of sp³-hybridized carbons (Fsp3) is 0.800. The highest BCUT2D eigenvalue weighted by atomic mass is 16.5. The molecule has 0 aliphatic heterocycles. The Morgan fingerprint density at radius 1 is 1.19 bits per heavy atom. The molecule has 6 nitrogen and oxygen atoms in total. The number of ether oxygens (including phenoxy) is 2. The van der Waals surface area contributed by atoms with Gasteiger partial charge in [0, 0.05) is 6.61 Å². The van der Waals surface area contributed by atoms with Gasteiger partial charge < -0.3 is 14.0 Å². The van der Waals surface area contributed by atoms with E-state index in [-0.39, 0.29) is 5.97 Å². The molecular weight excluding hydrogens is 272 g/mol. The van der Waals surface area contributed by atoms with Gasteiger partial charge in [-0.05, 0) is 52.4 Å². The first kappa shape index (κ1) is 14.5. The number of aromatic nitrogens is 2. The summed E-state index contributed by atoms with van der Waals surface area (Å²) in [5.41, 5.74) is -1.13. The zero-order chi connectivity index (χ0) is 14.9. The highest BCUT2D eigenvalue weighted by Crippen LogP contribution is 2.49. The van der Waals surface area contributed by atoms with Crippen LogP contribution < -0.4 is 0 Å². The lowest BCUT2D eigenvalue weighted by molar-refractivity contribution is -0.146. The minimum Gasteiger partial charge on any atom is -0.465 e. The molecule has 21 heavy (non-hydrogen) atoms. The van der Waals surface area contributed by atoms with Crippen LogP contribution in [0.5, 0.6) is 0 Å². The van der Waals surface area contributed by atoms with Crippen LogP contribution in [0.4, 0.5) is 0 Å². The van der Waals surface area contributed by atoms with Gasteiger partial charge in [0.1, 0.15) is 11.0 Å². The third-order valence-electron chi connectivity index (χ3n) is 4.49. The molecule has 6 heteroatoms. The number of carbonyl (C=O) groups excluding carboxylic acids is 1. The summed E-state index contributed by atoms with van der Waals surface area (Å²) in [4.78, 5) is 16.6. The van der Waals surface area contributed by atoms with E-state index >= 15 is 0 Å². The van der Waals surface area contributed by atoms with Crippen molar-refractivity contribution in [1.82, 2.24) is 10.1 Å². The Morgan fingerprint density at radius 2 is 1.90 bits per heavy atom. The molecule has 0 bridgehead atoms. The average molecular weight is 294 g/mol. The molecule has 2 saturated carbocycles. The molecule has 0 radical (unpaired) electrons. The van der Waals surface area contributed by atoms with Crippen LogP contribution in [0, 0.1) is 0 Å². The summed E-state index contributed by atoms with van der Waals surface area (Å²) in [5.74, 6) is 0.728. The number of nitrogens with zero attached hydrogens (tertiary/aromatic N) is 2.